The molecule has 1 rings (SSSR count). The van der Waals surface area contributed by atoms with E-state index in [1.165, 1.54) is 0 Å². The van der Waals surface area contributed by atoms with Crippen LogP contribution in [0.15, 0.2) is 29.2 Å². The number of ether oxygens (including phenoxy) is 2. The second-order valence-corrected chi connectivity index (χ2v) is 4.34. The number of benzene rings is 1. The van der Waals surface area contributed by atoms with E-state index in [4.69, 9.17) is 9.47 Å². The lowest BCUT2D eigenvalue weighted by molar-refractivity contribution is -0.158. The van der Waals surface area contributed by atoms with E-state index >= 15 is 0 Å². The number of carbonyl (C=O) groups excluding carboxylic acids is 1. The van der Waals surface area contributed by atoms with Crippen LogP contribution in [0.2, 0.25) is 0 Å². The lowest BCUT2D eigenvalue weighted by Crippen LogP contribution is -2.39. The zero-order valence-electron chi connectivity index (χ0n) is 9.69. The maximum atomic E-state index is 11.6. The van der Waals surface area contributed by atoms with Crippen LogP contribution in [0.4, 0.5) is 0 Å². The first-order chi connectivity index (χ1) is 7.45. The molecule has 0 fully saturated rings. The van der Waals surface area contributed by atoms with Crippen LogP contribution in [-0.4, -0.2) is 18.2 Å². The molecule has 3 nitrogen and oxygen atoms in total. The summed E-state index contributed by atoms with van der Waals surface area (Å²) < 4.78 is 10.5. The van der Waals surface area contributed by atoms with Gasteiger partial charge in [0.05, 0.1) is 6.61 Å². The third kappa shape index (κ3) is 3.45. The summed E-state index contributed by atoms with van der Waals surface area (Å²) in [5, 5.41) is 0. The molecule has 0 atom stereocenters. The van der Waals surface area contributed by atoms with E-state index in [9.17, 15) is 4.79 Å². The van der Waals surface area contributed by atoms with Crippen molar-refractivity contribution in [1.82, 2.24) is 0 Å². The predicted molar refractivity (Wildman–Crippen MR) is 65.0 cm³/mol. The Bertz CT molecular complexity index is 357. The molecular weight excluding hydrogens is 224 g/mol. The molecule has 0 bridgehead atoms. The van der Waals surface area contributed by atoms with E-state index in [-0.39, 0.29) is 5.97 Å². The molecular formula is C12H16O3S. The molecule has 1 aromatic carbocycles. The zero-order chi connectivity index (χ0) is 12.2. The molecule has 0 aromatic heterocycles. The van der Waals surface area contributed by atoms with Crippen molar-refractivity contribution in [2.45, 2.75) is 31.3 Å². The Morgan fingerprint density at radius 3 is 2.38 bits per heavy atom. The summed E-state index contributed by atoms with van der Waals surface area (Å²) in [5.74, 6) is 0.251. The first kappa shape index (κ1) is 12.9. The van der Waals surface area contributed by atoms with E-state index in [1.54, 1.807) is 45.0 Å². The molecule has 0 heterocycles. The largest absolute Gasteiger partial charge is 0.476 e. The topological polar surface area (TPSA) is 35.5 Å². The highest BCUT2D eigenvalue weighted by atomic mass is 32.1. The first-order valence-electron chi connectivity index (χ1n) is 5.11. The Morgan fingerprint density at radius 1 is 1.31 bits per heavy atom. The van der Waals surface area contributed by atoms with E-state index in [1.807, 2.05) is 0 Å². The fourth-order valence-electron chi connectivity index (χ4n) is 1.16. The Morgan fingerprint density at radius 2 is 1.88 bits per heavy atom. The average molecular weight is 240 g/mol. The highest BCUT2D eigenvalue weighted by molar-refractivity contribution is 7.80. The molecule has 0 aliphatic rings. The van der Waals surface area contributed by atoms with Crippen LogP contribution in [0.5, 0.6) is 5.75 Å². The smallest absolute Gasteiger partial charge is 0.349 e. The van der Waals surface area contributed by atoms with Gasteiger partial charge in [-0.3, -0.25) is 0 Å². The summed E-state index contributed by atoms with van der Waals surface area (Å²) in [7, 11) is 0. The second-order valence-electron chi connectivity index (χ2n) is 3.83. The molecule has 0 aliphatic heterocycles. The summed E-state index contributed by atoms with van der Waals surface area (Å²) in [6.07, 6.45) is 0. The normalized spacial score (nSPS) is 11.0. The van der Waals surface area contributed by atoms with Gasteiger partial charge in [-0.15, -0.1) is 12.6 Å². The van der Waals surface area contributed by atoms with Crippen LogP contribution in [0.25, 0.3) is 0 Å². The Balaban J connectivity index is 2.72. The van der Waals surface area contributed by atoms with Gasteiger partial charge >= 0.3 is 5.97 Å². The lowest BCUT2D eigenvalue weighted by atomic mass is 10.1. The fraction of sp³-hybridized carbons (Fsp3) is 0.417. The number of hydrogen-bond donors (Lipinski definition) is 1. The summed E-state index contributed by atoms with van der Waals surface area (Å²) in [6.45, 7) is 5.48. The summed E-state index contributed by atoms with van der Waals surface area (Å²) in [5.41, 5.74) is -0.978. The number of hydrogen-bond acceptors (Lipinski definition) is 4. The third-order valence-corrected chi connectivity index (χ3v) is 2.27. The van der Waals surface area contributed by atoms with Crippen LogP contribution in [0.1, 0.15) is 20.8 Å². The van der Waals surface area contributed by atoms with Crippen molar-refractivity contribution in [2.75, 3.05) is 6.61 Å². The van der Waals surface area contributed by atoms with Gasteiger partial charge in [-0.05, 0) is 45.0 Å². The van der Waals surface area contributed by atoms with Crippen LogP contribution in [0.3, 0.4) is 0 Å². The van der Waals surface area contributed by atoms with Gasteiger partial charge in [0.15, 0.2) is 5.60 Å². The second kappa shape index (κ2) is 5.25. The number of thiol groups is 1. The monoisotopic (exact) mass is 240 g/mol. The molecule has 0 spiro atoms. The average Bonchev–Trinajstić information content (AvgIpc) is 2.21. The Kier molecular flexibility index (Phi) is 4.24. The van der Waals surface area contributed by atoms with Gasteiger partial charge in [-0.2, -0.15) is 0 Å². The molecule has 0 saturated heterocycles. The van der Waals surface area contributed by atoms with Gasteiger partial charge < -0.3 is 9.47 Å². The zero-order valence-corrected chi connectivity index (χ0v) is 10.6. The van der Waals surface area contributed by atoms with E-state index in [0.29, 0.717) is 12.4 Å². The van der Waals surface area contributed by atoms with Gasteiger partial charge in [0, 0.05) is 4.90 Å². The summed E-state index contributed by atoms with van der Waals surface area (Å²) >= 11 is 4.17. The quantitative estimate of drug-likeness (QED) is 0.649. The molecule has 0 saturated carbocycles. The minimum Gasteiger partial charge on any atom is -0.476 e. The van der Waals surface area contributed by atoms with Crippen LogP contribution >= 0.6 is 12.6 Å². The Labute approximate surface area is 101 Å². The van der Waals surface area contributed by atoms with Crippen molar-refractivity contribution in [3.63, 3.8) is 0 Å². The maximum Gasteiger partial charge on any atom is 0.349 e. The fourth-order valence-corrected chi connectivity index (χ4v) is 1.30. The van der Waals surface area contributed by atoms with Gasteiger partial charge in [-0.1, -0.05) is 0 Å². The molecule has 0 radical (unpaired) electrons. The molecule has 16 heavy (non-hydrogen) atoms. The molecule has 0 N–H and O–H groups in total. The lowest BCUT2D eigenvalue weighted by Gasteiger charge is -2.24. The van der Waals surface area contributed by atoms with Crippen molar-refractivity contribution in [3.05, 3.63) is 24.3 Å². The summed E-state index contributed by atoms with van der Waals surface area (Å²) in [4.78, 5) is 12.4. The minimum atomic E-state index is -0.978. The Hall–Kier alpha value is -1.16. The van der Waals surface area contributed by atoms with Gasteiger partial charge in [0.1, 0.15) is 5.75 Å². The maximum absolute atomic E-state index is 11.6. The van der Waals surface area contributed by atoms with Crippen molar-refractivity contribution in [3.8, 4) is 5.75 Å². The standard InChI is InChI=1S/C12H16O3S/c1-4-14-11(13)12(2,3)15-9-5-7-10(16)8-6-9/h5-8,16H,4H2,1-3H3. The third-order valence-electron chi connectivity index (χ3n) is 1.98. The first-order valence-corrected chi connectivity index (χ1v) is 5.55. The van der Waals surface area contributed by atoms with Gasteiger partial charge in [0.25, 0.3) is 0 Å². The minimum absolute atomic E-state index is 0.348. The highest BCUT2D eigenvalue weighted by Crippen LogP contribution is 2.21. The van der Waals surface area contributed by atoms with Crippen molar-refractivity contribution < 1.29 is 14.3 Å². The van der Waals surface area contributed by atoms with Crippen LogP contribution in [-0.2, 0) is 9.53 Å². The SMILES string of the molecule is CCOC(=O)C(C)(C)Oc1ccc(S)cc1. The van der Waals surface area contributed by atoms with Crippen molar-refractivity contribution in [1.29, 1.82) is 0 Å². The van der Waals surface area contributed by atoms with E-state index in [2.05, 4.69) is 12.6 Å². The molecule has 0 unspecified atom stereocenters. The molecule has 1 aromatic rings. The van der Waals surface area contributed by atoms with Gasteiger partial charge in [-0.25, -0.2) is 4.79 Å². The van der Waals surface area contributed by atoms with Crippen LogP contribution in [0, 0.1) is 0 Å². The number of rotatable bonds is 4. The van der Waals surface area contributed by atoms with Gasteiger partial charge in [0.2, 0.25) is 0 Å². The summed E-state index contributed by atoms with van der Waals surface area (Å²) in [6, 6.07) is 7.14. The molecule has 4 heteroatoms. The number of esters is 1. The predicted octanol–water partition coefficient (Wildman–Crippen LogP) is 2.70. The molecule has 88 valence electrons. The molecule has 0 amide bonds. The van der Waals surface area contributed by atoms with Crippen molar-refractivity contribution in [2.24, 2.45) is 0 Å². The number of carbonyl (C=O) groups is 1. The highest BCUT2D eigenvalue weighted by Gasteiger charge is 2.31. The van der Waals surface area contributed by atoms with E-state index in [0.717, 1.165) is 4.90 Å². The van der Waals surface area contributed by atoms with Crippen molar-refractivity contribution >= 4 is 18.6 Å². The van der Waals surface area contributed by atoms with Crippen LogP contribution < -0.4 is 4.74 Å². The molecule has 0 aliphatic carbocycles. The van der Waals surface area contributed by atoms with E-state index < -0.39 is 5.60 Å².